The van der Waals surface area contributed by atoms with E-state index in [9.17, 15) is 4.79 Å². The van der Waals surface area contributed by atoms with Crippen LogP contribution in [0.4, 0.5) is 0 Å². The van der Waals surface area contributed by atoms with Crippen LogP contribution in [0.3, 0.4) is 0 Å². The van der Waals surface area contributed by atoms with Crippen LogP contribution in [0.25, 0.3) is 0 Å². The molecule has 4 nitrogen and oxygen atoms in total. The second kappa shape index (κ2) is 6.23. The third kappa shape index (κ3) is 2.79. The molecule has 2 rings (SSSR count). The lowest BCUT2D eigenvalue weighted by Crippen LogP contribution is -2.51. The summed E-state index contributed by atoms with van der Waals surface area (Å²) in [4.78, 5) is 14.8. The van der Waals surface area contributed by atoms with Crippen LogP contribution < -0.4 is 5.32 Å². The van der Waals surface area contributed by atoms with E-state index in [0.29, 0.717) is 12.6 Å². The van der Waals surface area contributed by atoms with Crippen LogP contribution in [-0.4, -0.2) is 48.7 Å². The second-order valence-electron chi connectivity index (χ2n) is 5.89. The highest BCUT2D eigenvalue weighted by Gasteiger charge is 2.48. The molecule has 1 aliphatic carbocycles. The number of ether oxygens (including phenoxy) is 1. The monoisotopic (exact) mass is 268 g/mol. The standard InChI is InChI=1S/C15H28N2O2/c1-4-12-7-6-10-17(12)13-8-9-15(11-13,16-3)14(18)19-5-2/h12-13,16H,4-11H2,1-3H3. The minimum Gasteiger partial charge on any atom is -0.465 e. The highest BCUT2D eigenvalue weighted by Crippen LogP contribution is 2.37. The molecule has 0 aromatic carbocycles. The van der Waals surface area contributed by atoms with Crippen molar-refractivity contribution in [2.75, 3.05) is 20.2 Å². The summed E-state index contributed by atoms with van der Waals surface area (Å²) in [5.74, 6) is -0.0627. The first-order valence-electron chi connectivity index (χ1n) is 7.78. The van der Waals surface area contributed by atoms with Gasteiger partial charge in [0, 0.05) is 12.1 Å². The number of carbonyl (C=O) groups excluding carboxylic acids is 1. The molecule has 1 aliphatic heterocycles. The third-order valence-corrected chi connectivity index (χ3v) is 5.00. The number of likely N-dealkylation sites (N-methyl/N-ethyl adjacent to an activating group) is 1. The molecule has 1 N–H and O–H groups in total. The van der Waals surface area contributed by atoms with Crippen LogP contribution >= 0.6 is 0 Å². The quantitative estimate of drug-likeness (QED) is 0.774. The van der Waals surface area contributed by atoms with Crippen molar-refractivity contribution in [3.05, 3.63) is 0 Å². The maximum atomic E-state index is 12.2. The fourth-order valence-electron chi connectivity index (χ4n) is 3.86. The first-order chi connectivity index (χ1) is 9.16. The van der Waals surface area contributed by atoms with Gasteiger partial charge in [-0.3, -0.25) is 9.69 Å². The summed E-state index contributed by atoms with van der Waals surface area (Å²) in [7, 11) is 1.89. The molecular weight excluding hydrogens is 240 g/mol. The normalized spacial score (nSPS) is 35.7. The topological polar surface area (TPSA) is 41.6 Å². The number of hydrogen-bond donors (Lipinski definition) is 1. The van der Waals surface area contributed by atoms with Crippen LogP contribution in [0.5, 0.6) is 0 Å². The van der Waals surface area contributed by atoms with Crippen LogP contribution in [0.1, 0.15) is 52.4 Å². The maximum Gasteiger partial charge on any atom is 0.326 e. The maximum absolute atomic E-state index is 12.2. The fraction of sp³-hybridized carbons (Fsp3) is 0.933. The molecule has 0 aromatic rings. The van der Waals surface area contributed by atoms with E-state index in [2.05, 4.69) is 17.1 Å². The summed E-state index contributed by atoms with van der Waals surface area (Å²) < 4.78 is 5.26. The van der Waals surface area contributed by atoms with Gasteiger partial charge in [-0.2, -0.15) is 0 Å². The molecule has 1 saturated carbocycles. The van der Waals surface area contributed by atoms with Crippen molar-refractivity contribution in [1.29, 1.82) is 0 Å². The number of hydrogen-bond acceptors (Lipinski definition) is 4. The van der Waals surface area contributed by atoms with Crippen LogP contribution in [0.15, 0.2) is 0 Å². The molecule has 1 saturated heterocycles. The molecule has 110 valence electrons. The largest absolute Gasteiger partial charge is 0.465 e. The Morgan fingerprint density at radius 2 is 2.21 bits per heavy atom. The number of nitrogens with zero attached hydrogens (tertiary/aromatic N) is 1. The average molecular weight is 268 g/mol. The number of likely N-dealkylation sites (tertiary alicyclic amines) is 1. The van der Waals surface area contributed by atoms with E-state index in [1.54, 1.807) is 0 Å². The number of rotatable bonds is 5. The SMILES string of the molecule is CCOC(=O)C1(NC)CCC(N2CCCC2CC)C1. The Morgan fingerprint density at radius 3 is 2.84 bits per heavy atom. The Balaban J connectivity index is 2.02. The summed E-state index contributed by atoms with van der Waals surface area (Å²) in [6.45, 7) is 5.82. The Bertz CT molecular complexity index is 321. The van der Waals surface area contributed by atoms with Crippen molar-refractivity contribution in [1.82, 2.24) is 10.2 Å². The summed E-state index contributed by atoms with van der Waals surface area (Å²) >= 11 is 0. The molecular formula is C15H28N2O2. The van der Waals surface area contributed by atoms with Crippen molar-refractivity contribution >= 4 is 5.97 Å². The van der Waals surface area contributed by atoms with E-state index >= 15 is 0 Å². The zero-order valence-corrected chi connectivity index (χ0v) is 12.6. The van der Waals surface area contributed by atoms with Gasteiger partial charge >= 0.3 is 5.97 Å². The van der Waals surface area contributed by atoms with E-state index in [0.717, 1.165) is 25.3 Å². The summed E-state index contributed by atoms with van der Waals surface area (Å²) in [6, 6.07) is 1.27. The van der Waals surface area contributed by atoms with E-state index in [-0.39, 0.29) is 5.97 Å². The average Bonchev–Trinajstić information content (AvgIpc) is 3.05. The van der Waals surface area contributed by atoms with Crippen molar-refractivity contribution < 1.29 is 9.53 Å². The zero-order valence-electron chi connectivity index (χ0n) is 12.6. The van der Waals surface area contributed by atoms with Gasteiger partial charge in [0.1, 0.15) is 5.54 Å². The van der Waals surface area contributed by atoms with E-state index < -0.39 is 5.54 Å². The van der Waals surface area contributed by atoms with Crippen LogP contribution in [0.2, 0.25) is 0 Å². The number of carbonyl (C=O) groups is 1. The first-order valence-corrected chi connectivity index (χ1v) is 7.78. The molecule has 4 heteroatoms. The third-order valence-electron chi connectivity index (χ3n) is 5.00. The lowest BCUT2D eigenvalue weighted by molar-refractivity contribution is -0.151. The van der Waals surface area contributed by atoms with Gasteiger partial charge in [-0.25, -0.2) is 0 Å². The van der Waals surface area contributed by atoms with E-state index in [1.807, 2.05) is 14.0 Å². The first kappa shape index (κ1) is 14.8. The van der Waals surface area contributed by atoms with Crippen LogP contribution in [0, 0.1) is 0 Å². The fourth-order valence-corrected chi connectivity index (χ4v) is 3.86. The number of nitrogens with one attached hydrogen (secondary N) is 1. The molecule has 0 radical (unpaired) electrons. The minimum atomic E-state index is -0.443. The Hall–Kier alpha value is -0.610. The highest BCUT2D eigenvalue weighted by atomic mass is 16.5. The van der Waals surface area contributed by atoms with Gasteiger partial charge in [0.25, 0.3) is 0 Å². The second-order valence-corrected chi connectivity index (χ2v) is 5.89. The molecule has 0 bridgehead atoms. The smallest absolute Gasteiger partial charge is 0.326 e. The van der Waals surface area contributed by atoms with Gasteiger partial charge < -0.3 is 10.1 Å². The summed E-state index contributed by atoms with van der Waals surface area (Å²) in [6.07, 6.45) is 6.76. The van der Waals surface area contributed by atoms with Crippen molar-refractivity contribution in [2.45, 2.75) is 70.0 Å². The van der Waals surface area contributed by atoms with Crippen molar-refractivity contribution in [2.24, 2.45) is 0 Å². The van der Waals surface area contributed by atoms with Gasteiger partial charge in [-0.1, -0.05) is 6.92 Å². The molecule has 1 heterocycles. The lowest BCUT2D eigenvalue weighted by Gasteiger charge is -2.32. The molecule has 19 heavy (non-hydrogen) atoms. The Morgan fingerprint density at radius 1 is 1.42 bits per heavy atom. The lowest BCUT2D eigenvalue weighted by atomic mass is 9.97. The summed E-state index contributed by atoms with van der Waals surface area (Å²) in [5.41, 5.74) is -0.443. The van der Waals surface area contributed by atoms with E-state index in [4.69, 9.17) is 4.74 Å². The molecule has 3 atom stereocenters. The molecule has 2 fully saturated rings. The van der Waals surface area contributed by atoms with Gasteiger partial charge in [-0.05, 0) is 59.0 Å². The molecule has 3 unspecified atom stereocenters. The highest BCUT2D eigenvalue weighted by molar-refractivity contribution is 5.81. The summed E-state index contributed by atoms with van der Waals surface area (Å²) in [5, 5.41) is 3.25. The van der Waals surface area contributed by atoms with Crippen LogP contribution in [-0.2, 0) is 9.53 Å². The van der Waals surface area contributed by atoms with Gasteiger partial charge in [0.2, 0.25) is 0 Å². The Labute approximate surface area is 116 Å². The molecule has 2 aliphatic rings. The number of esters is 1. The molecule has 0 aromatic heterocycles. The predicted molar refractivity (Wildman–Crippen MR) is 76.1 cm³/mol. The Kier molecular flexibility index (Phi) is 4.85. The molecule has 0 spiro atoms. The van der Waals surface area contributed by atoms with Gasteiger partial charge in [0.15, 0.2) is 0 Å². The minimum absolute atomic E-state index is 0.0627. The molecule has 0 amide bonds. The van der Waals surface area contributed by atoms with E-state index in [1.165, 1.54) is 25.8 Å². The van der Waals surface area contributed by atoms with Crippen molar-refractivity contribution in [3.63, 3.8) is 0 Å². The zero-order chi connectivity index (χ0) is 13.9. The van der Waals surface area contributed by atoms with Gasteiger partial charge in [-0.15, -0.1) is 0 Å². The van der Waals surface area contributed by atoms with Crippen molar-refractivity contribution in [3.8, 4) is 0 Å². The van der Waals surface area contributed by atoms with Gasteiger partial charge in [0.05, 0.1) is 6.61 Å². The predicted octanol–water partition coefficient (Wildman–Crippen LogP) is 1.93.